The Balaban J connectivity index is 1.84. The second-order valence-corrected chi connectivity index (χ2v) is 9.39. The van der Waals surface area contributed by atoms with Gasteiger partial charge in [0.05, 0.1) is 19.2 Å². The lowest BCUT2D eigenvalue weighted by Crippen LogP contribution is -2.42. The van der Waals surface area contributed by atoms with Gasteiger partial charge in [-0.3, -0.25) is 9.59 Å². The number of carbonyl (C=O) groups excluding carboxylic acids is 3. The summed E-state index contributed by atoms with van der Waals surface area (Å²) >= 11 is 6.38. The molecule has 0 aliphatic rings. The van der Waals surface area contributed by atoms with Gasteiger partial charge in [-0.2, -0.15) is 0 Å². The predicted octanol–water partition coefficient (Wildman–Crippen LogP) is 5.00. The van der Waals surface area contributed by atoms with Gasteiger partial charge in [-0.25, -0.2) is 14.2 Å². The number of hydrogen-bond acceptors (Lipinski definition) is 9. The van der Waals surface area contributed by atoms with Crippen molar-refractivity contribution in [2.45, 2.75) is 45.9 Å². The molecule has 3 rings (SSSR count). The fourth-order valence-electron chi connectivity index (χ4n) is 3.84. The normalized spacial score (nSPS) is 12.9. The Kier molecular flexibility index (Phi) is 10.5. The van der Waals surface area contributed by atoms with Crippen LogP contribution in [-0.2, 0) is 14.3 Å². The summed E-state index contributed by atoms with van der Waals surface area (Å²) in [4.78, 5) is 41.6. The van der Waals surface area contributed by atoms with Crippen LogP contribution in [0, 0.1) is 12.7 Å². The average molecular weight is 589 g/mol. The Morgan fingerprint density at radius 1 is 0.976 bits per heavy atom. The molecule has 1 N–H and O–H groups in total. The van der Waals surface area contributed by atoms with Gasteiger partial charge < -0.3 is 29.0 Å². The summed E-state index contributed by atoms with van der Waals surface area (Å²) in [6.45, 7) is 6.01. The predicted molar refractivity (Wildman–Crippen MR) is 147 cm³/mol. The van der Waals surface area contributed by atoms with Gasteiger partial charge in [0.2, 0.25) is 5.75 Å². The van der Waals surface area contributed by atoms with Crippen LogP contribution in [0.25, 0.3) is 0 Å². The number of aryl methyl sites for hydroxylation is 1. The second-order valence-electron chi connectivity index (χ2n) is 8.98. The van der Waals surface area contributed by atoms with E-state index in [1.165, 1.54) is 51.6 Å². The van der Waals surface area contributed by atoms with Crippen LogP contribution in [0.3, 0.4) is 0 Å². The summed E-state index contributed by atoms with van der Waals surface area (Å²) < 4.78 is 41.4. The van der Waals surface area contributed by atoms with E-state index in [0.29, 0.717) is 16.3 Å². The third kappa shape index (κ3) is 7.85. The number of hydrogen-bond donors (Lipinski definition) is 1. The molecule has 41 heavy (non-hydrogen) atoms. The number of nitrogens with one attached hydrogen (secondary N) is 1. The van der Waals surface area contributed by atoms with Crippen LogP contribution in [0.5, 0.6) is 23.0 Å². The maximum Gasteiger partial charge on any atom is 0.328 e. The summed E-state index contributed by atoms with van der Waals surface area (Å²) in [5.74, 6) is -2.46. The topological polar surface area (TPSA) is 122 Å². The highest BCUT2D eigenvalue weighted by Crippen LogP contribution is 2.36. The van der Waals surface area contributed by atoms with Crippen molar-refractivity contribution >= 4 is 29.4 Å². The molecule has 2 aromatic carbocycles. The molecule has 3 aromatic rings. The van der Waals surface area contributed by atoms with Crippen molar-refractivity contribution in [2.75, 3.05) is 14.2 Å². The average Bonchev–Trinajstić information content (AvgIpc) is 2.92. The molecule has 3 atom stereocenters. The highest BCUT2D eigenvalue weighted by molar-refractivity contribution is 6.32. The van der Waals surface area contributed by atoms with Gasteiger partial charge in [0.15, 0.2) is 17.5 Å². The van der Waals surface area contributed by atoms with Crippen LogP contribution >= 0.6 is 11.6 Å². The van der Waals surface area contributed by atoms with Gasteiger partial charge in [-0.15, -0.1) is 0 Å². The number of pyridine rings is 1. The van der Waals surface area contributed by atoms with Gasteiger partial charge >= 0.3 is 11.9 Å². The number of nitrogens with zero attached hydrogens (tertiary/aromatic N) is 1. The van der Waals surface area contributed by atoms with E-state index >= 15 is 0 Å². The van der Waals surface area contributed by atoms with Crippen LogP contribution < -0.4 is 24.3 Å². The Morgan fingerprint density at radius 2 is 1.68 bits per heavy atom. The molecule has 0 aliphatic carbocycles. The molecular formula is C29H30ClFN2O8. The summed E-state index contributed by atoms with van der Waals surface area (Å²) in [6.07, 6.45) is -0.654. The maximum atomic E-state index is 13.9. The zero-order valence-corrected chi connectivity index (χ0v) is 24.1. The third-order valence-corrected chi connectivity index (χ3v) is 6.12. The zero-order chi connectivity index (χ0) is 30.3. The van der Waals surface area contributed by atoms with E-state index in [1.54, 1.807) is 25.1 Å². The number of halogens is 2. The Labute approximate surface area is 241 Å². The molecule has 1 amide bonds. The number of methoxy groups -OCH3 is 2. The minimum Gasteiger partial charge on any atom is -0.496 e. The number of amides is 1. The molecule has 10 nitrogen and oxygen atoms in total. The van der Waals surface area contributed by atoms with E-state index in [4.69, 9.17) is 35.3 Å². The van der Waals surface area contributed by atoms with Crippen LogP contribution in [0.2, 0.25) is 5.02 Å². The molecule has 0 bridgehead atoms. The second kappa shape index (κ2) is 13.8. The summed E-state index contributed by atoms with van der Waals surface area (Å²) in [6, 6.07) is 9.29. The first-order valence-electron chi connectivity index (χ1n) is 12.4. The fraction of sp³-hybridized carbons (Fsp3) is 0.310. The number of esters is 2. The molecule has 0 spiro atoms. The first-order valence-corrected chi connectivity index (χ1v) is 12.8. The van der Waals surface area contributed by atoms with Crippen LogP contribution in [0.15, 0.2) is 48.7 Å². The molecule has 0 aliphatic heterocycles. The minimum absolute atomic E-state index is 0.104. The number of rotatable bonds is 11. The van der Waals surface area contributed by atoms with Crippen LogP contribution in [0.1, 0.15) is 48.5 Å². The lowest BCUT2D eigenvalue weighted by Gasteiger charge is -2.28. The molecule has 1 aromatic heterocycles. The molecule has 0 unspecified atom stereocenters. The van der Waals surface area contributed by atoms with E-state index in [2.05, 4.69) is 10.3 Å². The third-order valence-electron chi connectivity index (χ3n) is 5.82. The molecule has 0 saturated heterocycles. The fourth-order valence-corrected chi connectivity index (χ4v) is 4.12. The van der Waals surface area contributed by atoms with Crippen molar-refractivity contribution in [3.63, 3.8) is 0 Å². The molecule has 218 valence electrons. The Morgan fingerprint density at radius 3 is 2.32 bits per heavy atom. The Bertz CT molecular complexity index is 1430. The van der Waals surface area contributed by atoms with E-state index in [0.717, 1.165) is 12.5 Å². The molecule has 0 saturated carbocycles. The summed E-state index contributed by atoms with van der Waals surface area (Å²) in [7, 11) is 2.71. The van der Waals surface area contributed by atoms with Crippen molar-refractivity contribution in [3.8, 4) is 23.0 Å². The van der Waals surface area contributed by atoms with Gasteiger partial charge in [-0.1, -0.05) is 17.7 Å². The number of carbonyl (C=O) groups is 3. The molecule has 0 radical (unpaired) electrons. The van der Waals surface area contributed by atoms with Crippen molar-refractivity contribution < 1.29 is 42.5 Å². The number of aromatic nitrogens is 1. The minimum atomic E-state index is -1.16. The largest absolute Gasteiger partial charge is 0.496 e. The first kappa shape index (κ1) is 31.2. The quantitative estimate of drug-likeness (QED) is 0.308. The highest BCUT2D eigenvalue weighted by atomic mass is 35.5. The standard InChI is InChI=1S/C29H30ClFN2O8/c1-15-7-10-22(21(30)13-15)41-26(20-9-8-19(31)14-24(20)38-6)17(3)39-29(36)16(2)33-28(35)25-27(40-18(4)34)23(37-5)11-12-32-25/h7-14,16-17,26H,1-6H3,(H,33,35)/t16-,17-,26-/m0/s1. The van der Waals surface area contributed by atoms with Gasteiger partial charge in [0.25, 0.3) is 5.91 Å². The van der Waals surface area contributed by atoms with Crippen molar-refractivity contribution in [1.29, 1.82) is 0 Å². The lowest BCUT2D eigenvalue weighted by atomic mass is 10.0. The highest BCUT2D eigenvalue weighted by Gasteiger charge is 2.31. The monoisotopic (exact) mass is 588 g/mol. The van der Waals surface area contributed by atoms with E-state index < -0.39 is 41.9 Å². The number of benzene rings is 2. The van der Waals surface area contributed by atoms with E-state index in [1.807, 2.05) is 6.92 Å². The lowest BCUT2D eigenvalue weighted by molar-refractivity contribution is -0.154. The maximum absolute atomic E-state index is 13.9. The van der Waals surface area contributed by atoms with Crippen molar-refractivity contribution in [2.24, 2.45) is 0 Å². The summed E-state index contributed by atoms with van der Waals surface area (Å²) in [5.41, 5.74) is 1.04. The van der Waals surface area contributed by atoms with Crippen LogP contribution in [0.4, 0.5) is 4.39 Å². The van der Waals surface area contributed by atoms with Crippen LogP contribution in [-0.4, -0.2) is 49.2 Å². The molecule has 12 heteroatoms. The van der Waals surface area contributed by atoms with Gasteiger partial charge in [0, 0.05) is 30.8 Å². The van der Waals surface area contributed by atoms with Gasteiger partial charge in [0.1, 0.15) is 29.5 Å². The molecule has 0 fully saturated rings. The Hall–Kier alpha value is -4.38. The first-order chi connectivity index (χ1) is 19.4. The molecular weight excluding hydrogens is 559 g/mol. The number of ether oxygens (including phenoxy) is 5. The SMILES string of the molecule is COc1cc(F)ccc1[C@@H](Oc1ccc(C)cc1Cl)[C@H](C)OC(=O)[C@H](C)NC(=O)c1nccc(OC)c1OC(C)=O. The smallest absolute Gasteiger partial charge is 0.328 e. The zero-order valence-electron chi connectivity index (χ0n) is 23.3. The molecule has 1 heterocycles. The summed E-state index contributed by atoms with van der Waals surface area (Å²) in [5, 5.41) is 2.80. The van der Waals surface area contributed by atoms with E-state index in [9.17, 15) is 18.8 Å². The van der Waals surface area contributed by atoms with Crippen molar-refractivity contribution in [3.05, 3.63) is 76.3 Å². The van der Waals surface area contributed by atoms with E-state index in [-0.39, 0.29) is 22.9 Å². The van der Waals surface area contributed by atoms with Gasteiger partial charge in [-0.05, 0) is 50.6 Å². The van der Waals surface area contributed by atoms with Crippen molar-refractivity contribution in [1.82, 2.24) is 10.3 Å².